The molecule has 45 heavy (non-hydrogen) atoms. The highest BCUT2D eigenvalue weighted by atomic mass is 32.2. The van der Waals surface area contributed by atoms with Gasteiger partial charge in [0.15, 0.2) is 6.23 Å². The lowest BCUT2D eigenvalue weighted by atomic mass is 9.92. The van der Waals surface area contributed by atoms with Crippen LogP contribution in [0.1, 0.15) is 73.3 Å². The molecule has 1 fully saturated rings. The number of ether oxygens (including phenoxy) is 2. The van der Waals surface area contributed by atoms with E-state index in [-0.39, 0.29) is 11.3 Å². The minimum atomic E-state index is -6.22. The molecule has 7 nitrogen and oxygen atoms in total. The van der Waals surface area contributed by atoms with Crippen LogP contribution in [-0.2, 0) is 25.8 Å². The van der Waals surface area contributed by atoms with Crippen LogP contribution < -0.4 is 10.6 Å². The molecular weight excluding hydrogens is 631 g/mol. The second kappa shape index (κ2) is 12.5. The van der Waals surface area contributed by atoms with E-state index in [1.165, 1.54) is 6.92 Å². The van der Waals surface area contributed by atoms with Gasteiger partial charge in [-0.05, 0) is 77.5 Å². The van der Waals surface area contributed by atoms with E-state index in [0.717, 1.165) is 6.07 Å². The molecular formula is C30H36F7N3O4S. The first kappa shape index (κ1) is 36.3. The van der Waals surface area contributed by atoms with Crippen molar-refractivity contribution in [3.05, 3.63) is 64.2 Å². The fourth-order valence-corrected chi connectivity index (χ4v) is 6.22. The zero-order valence-electron chi connectivity index (χ0n) is 26.0. The van der Waals surface area contributed by atoms with Crippen molar-refractivity contribution in [2.75, 3.05) is 17.3 Å². The minimum Gasteiger partial charge on any atom is -0.442 e. The first-order valence-electron chi connectivity index (χ1n) is 13.7. The van der Waals surface area contributed by atoms with Crippen LogP contribution in [0, 0.1) is 13.8 Å². The molecule has 0 saturated carbocycles. The van der Waals surface area contributed by atoms with Gasteiger partial charge in [0, 0.05) is 28.1 Å². The summed E-state index contributed by atoms with van der Waals surface area (Å²) in [6, 6.07) is 6.95. The number of benzene rings is 2. The number of amides is 2. The van der Waals surface area contributed by atoms with E-state index in [4.69, 9.17) is 9.47 Å². The van der Waals surface area contributed by atoms with Crippen LogP contribution in [-0.4, -0.2) is 53.7 Å². The first-order chi connectivity index (χ1) is 20.4. The molecule has 3 unspecified atom stereocenters. The van der Waals surface area contributed by atoms with E-state index < -0.39 is 69.7 Å². The summed E-state index contributed by atoms with van der Waals surface area (Å²) in [4.78, 5) is 25.6. The molecule has 1 aliphatic heterocycles. The van der Waals surface area contributed by atoms with Gasteiger partial charge in [-0.25, -0.2) is 9.18 Å². The molecule has 0 aliphatic carbocycles. The Hall–Kier alpha value is -3.20. The Morgan fingerprint density at radius 3 is 2.07 bits per heavy atom. The van der Waals surface area contributed by atoms with Crippen LogP contribution in [0.3, 0.4) is 0 Å². The molecule has 0 bridgehead atoms. The normalized spacial score (nSPS) is 18.4. The third-order valence-corrected chi connectivity index (χ3v) is 8.28. The molecule has 1 aliphatic rings. The maximum Gasteiger partial charge on any atom is 0.440 e. The fourth-order valence-electron chi connectivity index (χ4n) is 4.75. The van der Waals surface area contributed by atoms with Crippen molar-refractivity contribution in [1.29, 1.82) is 0 Å². The highest BCUT2D eigenvalue weighted by molar-refractivity contribution is 7.86. The van der Waals surface area contributed by atoms with Gasteiger partial charge < -0.3 is 20.1 Å². The molecule has 0 radical (unpaired) electrons. The number of hydrogen-bond donors (Lipinski definition) is 2. The number of nitrogens with one attached hydrogen (secondary N) is 2. The first-order valence-corrected chi connectivity index (χ1v) is 15.5. The molecule has 1 heterocycles. The summed E-state index contributed by atoms with van der Waals surface area (Å²) in [6.45, 7) is 11.7. The molecule has 0 aromatic heterocycles. The summed E-state index contributed by atoms with van der Waals surface area (Å²) in [7, 11) is -0.780. The van der Waals surface area contributed by atoms with Gasteiger partial charge in [0.2, 0.25) is 0 Å². The number of epoxide rings is 1. The lowest BCUT2D eigenvalue weighted by molar-refractivity contribution is -0.348. The molecule has 2 aromatic rings. The quantitative estimate of drug-likeness (QED) is 0.220. The van der Waals surface area contributed by atoms with E-state index in [2.05, 4.69) is 15.0 Å². The van der Waals surface area contributed by atoms with E-state index in [0.29, 0.717) is 34.6 Å². The number of alkyl halides is 7. The number of anilines is 1. The SMILES string of the molecule is Cc1cc(C(F)(C(F)(F)F)C(F)(F)F)ccc1NC1OC1c1cccc(C)c1C(=O)NC(C)(C)C/S(C)=N/C(=O)OC(C)(C)C. The van der Waals surface area contributed by atoms with Gasteiger partial charge >= 0.3 is 24.1 Å². The van der Waals surface area contributed by atoms with Crippen molar-refractivity contribution in [2.24, 2.45) is 4.36 Å². The topological polar surface area (TPSA) is 92.3 Å². The summed E-state index contributed by atoms with van der Waals surface area (Å²) in [6.07, 6.45) is -12.8. The van der Waals surface area contributed by atoms with Crippen LogP contribution in [0.15, 0.2) is 40.8 Å². The van der Waals surface area contributed by atoms with Gasteiger partial charge in [-0.1, -0.05) is 41.0 Å². The van der Waals surface area contributed by atoms with Gasteiger partial charge in [-0.3, -0.25) is 4.79 Å². The molecule has 0 spiro atoms. The second-order valence-electron chi connectivity index (χ2n) is 12.5. The lowest BCUT2D eigenvalue weighted by Crippen LogP contribution is -2.50. The Labute approximate surface area is 259 Å². The van der Waals surface area contributed by atoms with Gasteiger partial charge in [-0.2, -0.15) is 30.7 Å². The summed E-state index contributed by atoms with van der Waals surface area (Å²) in [5.41, 5.74) is -7.12. The third-order valence-electron chi connectivity index (χ3n) is 6.68. The highest BCUT2D eigenvalue weighted by Gasteiger charge is 2.73. The zero-order valence-corrected chi connectivity index (χ0v) is 26.8. The molecule has 1 saturated heterocycles. The number of nitrogens with zero attached hydrogens (tertiary/aromatic N) is 1. The molecule has 250 valence electrons. The van der Waals surface area contributed by atoms with Crippen molar-refractivity contribution in [1.82, 2.24) is 5.32 Å². The Bertz CT molecular complexity index is 1470. The van der Waals surface area contributed by atoms with Crippen LogP contribution in [0.4, 0.5) is 41.2 Å². The standard InChI is InChI=1S/C30H36F7N3O4S/c1-16-10-9-11-19(21(16)23(41)39-27(6,7)15-45(8)40-25(42)44-26(3,4)5)22-24(43-22)38-20-13-12-18(14-17(20)2)28(31,29(32,33)34)30(35,36)37/h9-14,22,24,38H,15H2,1-8H3,(H,39,41). The van der Waals surface area contributed by atoms with Crippen molar-refractivity contribution < 1.29 is 49.8 Å². The van der Waals surface area contributed by atoms with Crippen molar-refractivity contribution in [3.8, 4) is 0 Å². The number of aryl methyl sites for hydroxylation is 2. The van der Waals surface area contributed by atoms with Gasteiger partial charge in [-0.15, -0.1) is 0 Å². The van der Waals surface area contributed by atoms with Crippen LogP contribution in [0.2, 0.25) is 0 Å². The van der Waals surface area contributed by atoms with E-state index >= 15 is 0 Å². The summed E-state index contributed by atoms with van der Waals surface area (Å²) >= 11 is 0. The number of carbonyl (C=O) groups excluding carboxylic acids is 2. The maximum atomic E-state index is 14.5. The average Bonchev–Trinajstić information content (AvgIpc) is 3.59. The van der Waals surface area contributed by atoms with E-state index in [1.54, 1.807) is 66.0 Å². The van der Waals surface area contributed by atoms with Crippen molar-refractivity contribution >= 4 is 28.4 Å². The van der Waals surface area contributed by atoms with Crippen molar-refractivity contribution in [3.63, 3.8) is 0 Å². The Kier molecular flexibility index (Phi) is 10.1. The third kappa shape index (κ3) is 8.54. The lowest BCUT2D eigenvalue weighted by Gasteiger charge is -2.30. The average molecular weight is 668 g/mol. The summed E-state index contributed by atoms with van der Waals surface area (Å²) in [5, 5.41) is 5.86. The predicted octanol–water partition coefficient (Wildman–Crippen LogP) is 7.98. The molecule has 3 atom stereocenters. The molecule has 2 amide bonds. The number of rotatable bonds is 8. The molecule has 2 aromatic carbocycles. The van der Waals surface area contributed by atoms with Gasteiger partial charge in [0.25, 0.3) is 5.91 Å². The van der Waals surface area contributed by atoms with Crippen LogP contribution >= 0.6 is 0 Å². The predicted molar refractivity (Wildman–Crippen MR) is 157 cm³/mol. The molecule has 15 heteroatoms. The molecule has 3 rings (SSSR count). The maximum absolute atomic E-state index is 14.5. The van der Waals surface area contributed by atoms with E-state index in [9.17, 15) is 40.3 Å². The summed E-state index contributed by atoms with van der Waals surface area (Å²) in [5.74, 6) is -0.0859. The highest BCUT2D eigenvalue weighted by Crippen LogP contribution is 2.53. The monoisotopic (exact) mass is 667 g/mol. The molecule has 2 N–H and O–H groups in total. The number of hydrogen-bond acceptors (Lipinski definition) is 5. The number of halogens is 7. The smallest absolute Gasteiger partial charge is 0.440 e. The Morgan fingerprint density at radius 2 is 1.53 bits per heavy atom. The van der Waals surface area contributed by atoms with Crippen molar-refractivity contribution in [2.45, 2.75) is 90.0 Å². The van der Waals surface area contributed by atoms with E-state index in [1.807, 2.05) is 0 Å². The fraction of sp³-hybridized carbons (Fsp3) is 0.533. The number of carbonyl (C=O) groups is 2. The Morgan fingerprint density at radius 1 is 0.933 bits per heavy atom. The summed E-state index contributed by atoms with van der Waals surface area (Å²) < 4.78 is 109. The van der Waals surface area contributed by atoms with Gasteiger partial charge in [0.1, 0.15) is 11.7 Å². The van der Waals surface area contributed by atoms with Crippen LogP contribution in [0.5, 0.6) is 0 Å². The zero-order chi connectivity index (χ0) is 34.3. The van der Waals surface area contributed by atoms with Gasteiger partial charge in [0.05, 0.1) is 0 Å². The Balaban J connectivity index is 1.77. The minimum absolute atomic E-state index is 0.0759. The van der Waals surface area contributed by atoms with Crippen LogP contribution in [0.25, 0.3) is 0 Å². The second-order valence-corrected chi connectivity index (χ2v) is 14.2. The largest absolute Gasteiger partial charge is 0.442 e.